The maximum Gasteiger partial charge on any atom is 0.160 e. The first-order valence-electron chi connectivity index (χ1n) is 4.80. The third-order valence-corrected chi connectivity index (χ3v) is 2.50. The molecule has 0 aliphatic rings. The lowest BCUT2D eigenvalue weighted by Gasteiger charge is -2.19. The first-order chi connectivity index (χ1) is 6.52. The summed E-state index contributed by atoms with van der Waals surface area (Å²) >= 11 is 0. The second-order valence-electron chi connectivity index (χ2n) is 3.82. The molecule has 1 N–H and O–H groups in total. The second kappa shape index (κ2) is 4.38. The fourth-order valence-electron chi connectivity index (χ4n) is 1.21. The van der Waals surface area contributed by atoms with Crippen LogP contribution in [0.25, 0.3) is 0 Å². The molecule has 1 rings (SSSR count). The summed E-state index contributed by atoms with van der Waals surface area (Å²) < 4.78 is 0. The number of benzene rings is 1. The van der Waals surface area contributed by atoms with E-state index in [9.17, 15) is 9.90 Å². The van der Waals surface area contributed by atoms with E-state index in [1.54, 1.807) is 6.92 Å². The van der Waals surface area contributed by atoms with Crippen LogP contribution in [0, 0.1) is 0 Å². The molecule has 0 fully saturated rings. The fourth-order valence-corrected chi connectivity index (χ4v) is 1.21. The molecule has 0 spiro atoms. The summed E-state index contributed by atoms with van der Waals surface area (Å²) in [7, 11) is 0. The van der Waals surface area contributed by atoms with Crippen LogP contribution in [-0.4, -0.2) is 16.5 Å². The number of carbonyl (C=O) groups excluding carboxylic acids is 1. The van der Waals surface area contributed by atoms with Gasteiger partial charge in [0.05, 0.1) is 0 Å². The van der Waals surface area contributed by atoms with Gasteiger partial charge in [-0.25, -0.2) is 0 Å². The van der Waals surface area contributed by atoms with Crippen molar-refractivity contribution < 1.29 is 9.90 Å². The average molecular weight is 192 g/mol. The largest absolute Gasteiger partial charge is 0.382 e. The van der Waals surface area contributed by atoms with E-state index >= 15 is 0 Å². The van der Waals surface area contributed by atoms with E-state index in [1.807, 2.05) is 30.3 Å². The molecule has 0 saturated heterocycles. The molecule has 1 aromatic carbocycles. The van der Waals surface area contributed by atoms with Crippen LogP contribution in [0.3, 0.4) is 0 Å². The molecule has 0 bridgehead atoms. The van der Waals surface area contributed by atoms with E-state index in [1.165, 1.54) is 6.92 Å². The minimum Gasteiger partial charge on any atom is -0.382 e. The molecule has 0 radical (unpaired) electrons. The minimum absolute atomic E-state index is 0.173. The van der Waals surface area contributed by atoms with Crippen LogP contribution in [0.2, 0.25) is 0 Å². The Morgan fingerprint density at radius 3 is 2.43 bits per heavy atom. The Bertz CT molecular complexity index is 301. The van der Waals surface area contributed by atoms with Crippen LogP contribution in [0.5, 0.6) is 0 Å². The van der Waals surface area contributed by atoms with Gasteiger partial charge >= 0.3 is 0 Å². The SMILES string of the molecule is CC(=O)C(C)(O)CCc1ccccc1. The Morgan fingerprint density at radius 2 is 1.93 bits per heavy atom. The molecule has 76 valence electrons. The maximum absolute atomic E-state index is 11.0. The van der Waals surface area contributed by atoms with Gasteiger partial charge in [0.25, 0.3) is 0 Å². The van der Waals surface area contributed by atoms with Gasteiger partial charge in [-0.05, 0) is 32.3 Å². The highest BCUT2D eigenvalue weighted by molar-refractivity contribution is 5.84. The van der Waals surface area contributed by atoms with E-state index < -0.39 is 5.60 Å². The van der Waals surface area contributed by atoms with Crippen LogP contribution in [0.15, 0.2) is 30.3 Å². The average Bonchev–Trinajstić information content (AvgIpc) is 2.16. The lowest BCUT2D eigenvalue weighted by atomic mass is 9.93. The van der Waals surface area contributed by atoms with Crippen LogP contribution < -0.4 is 0 Å². The lowest BCUT2D eigenvalue weighted by Crippen LogP contribution is -2.33. The van der Waals surface area contributed by atoms with Gasteiger partial charge in [0, 0.05) is 0 Å². The molecule has 0 saturated carbocycles. The smallest absolute Gasteiger partial charge is 0.160 e. The zero-order valence-corrected chi connectivity index (χ0v) is 8.66. The number of ketones is 1. The van der Waals surface area contributed by atoms with Crippen molar-refractivity contribution in [3.63, 3.8) is 0 Å². The van der Waals surface area contributed by atoms with Crippen molar-refractivity contribution in [1.29, 1.82) is 0 Å². The van der Waals surface area contributed by atoms with E-state index in [-0.39, 0.29) is 5.78 Å². The normalized spacial score (nSPS) is 14.8. The molecule has 0 aliphatic heterocycles. The molecule has 1 aromatic rings. The Balaban J connectivity index is 2.53. The monoisotopic (exact) mass is 192 g/mol. The molecular weight excluding hydrogens is 176 g/mol. The quantitative estimate of drug-likeness (QED) is 0.791. The van der Waals surface area contributed by atoms with Crippen LogP contribution >= 0.6 is 0 Å². The van der Waals surface area contributed by atoms with Gasteiger partial charge in [-0.3, -0.25) is 4.79 Å². The van der Waals surface area contributed by atoms with Gasteiger partial charge in [-0.15, -0.1) is 0 Å². The Kier molecular flexibility index (Phi) is 3.42. The van der Waals surface area contributed by atoms with Crippen molar-refractivity contribution in [3.05, 3.63) is 35.9 Å². The first-order valence-corrected chi connectivity index (χ1v) is 4.80. The number of aliphatic hydroxyl groups is 1. The predicted molar refractivity (Wildman–Crippen MR) is 56.1 cm³/mol. The van der Waals surface area contributed by atoms with Crippen LogP contribution in [-0.2, 0) is 11.2 Å². The Hall–Kier alpha value is -1.15. The summed E-state index contributed by atoms with van der Waals surface area (Å²) in [5.41, 5.74) is -0.0374. The van der Waals surface area contributed by atoms with Gasteiger partial charge in [0.1, 0.15) is 5.60 Å². The molecule has 0 amide bonds. The molecule has 2 nitrogen and oxygen atoms in total. The van der Waals surface area contributed by atoms with Gasteiger partial charge in [-0.1, -0.05) is 30.3 Å². The number of hydrogen-bond acceptors (Lipinski definition) is 2. The van der Waals surface area contributed by atoms with E-state index in [2.05, 4.69) is 0 Å². The summed E-state index contributed by atoms with van der Waals surface area (Å²) in [5.74, 6) is -0.173. The Morgan fingerprint density at radius 1 is 1.36 bits per heavy atom. The molecule has 1 atom stereocenters. The number of hydrogen-bond donors (Lipinski definition) is 1. The van der Waals surface area contributed by atoms with Crippen molar-refractivity contribution in [2.45, 2.75) is 32.3 Å². The number of Topliss-reactive ketones (excluding diaryl/α,β-unsaturated/α-hetero) is 1. The third-order valence-electron chi connectivity index (χ3n) is 2.50. The molecule has 2 heteroatoms. The summed E-state index contributed by atoms with van der Waals surface area (Å²) in [5, 5.41) is 9.70. The standard InChI is InChI=1S/C12H16O2/c1-10(13)12(2,14)9-8-11-6-4-3-5-7-11/h3-7,14H,8-9H2,1-2H3. The van der Waals surface area contributed by atoms with Crippen molar-refractivity contribution in [1.82, 2.24) is 0 Å². The zero-order valence-electron chi connectivity index (χ0n) is 8.66. The minimum atomic E-state index is -1.18. The fraction of sp³-hybridized carbons (Fsp3) is 0.417. The predicted octanol–water partition coefficient (Wildman–Crippen LogP) is 1.96. The van der Waals surface area contributed by atoms with E-state index in [0.717, 1.165) is 12.0 Å². The highest BCUT2D eigenvalue weighted by Crippen LogP contribution is 2.14. The molecule has 0 aliphatic carbocycles. The van der Waals surface area contributed by atoms with Crippen molar-refractivity contribution in [2.24, 2.45) is 0 Å². The number of carbonyl (C=O) groups is 1. The Labute approximate surface area is 84.6 Å². The topological polar surface area (TPSA) is 37.3 Å². The second-order valence-corrected chi connectivity index (χ2v) is 3.82. The summed E-state index contributed by atoms with van der Waals surface area (Å²) in [6.07, 6.45) is 1.21. The molecule has 0 aromatic heterocycles. The van der Waals surface area contributed by atoms with Crippen molar-refractivity contribution in [3.8, 4) is 0 Å². The van der Waals surface area contributed by atoms with Gasteiger partial charge in [0.2, 0.25) is 0 Å². The van der Waals surface area contributed by atoms with Gasteiger partial charge in [0.15, 0.2) is 5.78 Å². The number of rotatable bonds is 4. The highest BCUT2D eigenvalue weighted by Gasteiger charge is 2.25. The zero-order chi connectivity index (χ0) is 10.6. The molecule has 0 heterocycles. The first kappa shape index (κ1) is 10.9. The maximum atomic E-state index is 11.0. The lowest BCUT2D eigenvalue weighted by molar-refractivity contribution is -0.133. The highest BCUT2D eigenvalue weighted by atomic mass is 16.3. The number of aryl methyl sites for hydroxylation is 1. The summed E-state index contributed by atoms with van der Waals surface area (Å²) in [4.78, 5) is 11.0. The van der Waals surface area contributed by atoms with Crippen molar-refractivity contribution in [2.75, 3.05) is 0 Å². The third kappa shape index (κ3) is 2.96. The van der Waals surface area contributed by atoms with Crippen LogP contribution in [0.4, 0.5) is 0 Å². The van der Waals surface area contributed by atoms with E-state index in [0.29, 0.717) is 6.42 Å². The van der Waals surface area contributed by atoms with Crippen LogP contribution in [0.1, 0.15) is 25.8 Å². The van der Waals surface area contributed by atoms with E-state index in [4.69, 9.17) is 0 Å². The molecule has 1 unspecified atom stereocenters. The summed E-state index contributed by atoms with van der Waals surface area (Å²) in [6, 6.07) is 9.86. The van der Waals surface area contributed by atoms with Gasteiger partial charge < -0.3 is 5.11 Å². The summed E-state index contributed by atoms with van der Waals surface area (Å²) in [6.45, 7) is 2.99. The molecule has 14 heavy (non-hydrogen) atoms. The van der Waals surface area contributed by atoms with Gasteiger partial charge in [-0.2, -0.15) is 0 Å². The molecular formula is C12H16O2. The van der Waals surface area contributed by atoms with Crippen molar-refractivity contribution >= 4 is 5.78 Å².